The van der Waals surface area contributed by atoms with E-state index in [-0.39, 0.29) is 5.97 Å². The summed E-state index contributed by atoms with van der Waals surface area (Å²) in [5.41, 5.74) is 0. The molecule has 0 aromatic heterocycles. The summed E-state index contributed by atoms with van der Waals surface area (Å²) in [5, 5.41) is 0. The van der Waals surface area contributed by atoms with Gasteiger partial charge in [-0.3, -0.25) is 0 Å². The van der Waals surface area contributed by atoms with Crippen LogP contribution >= 0.6 is 15.9 Å². The third-order valence-corrected chi connectivity index (χ3v) is 1.99. The van der Waals surface area contributed by atoms with Gasteiger partial charge in [-0.1, -0.05) is 0 Å². The van der Waals surface area contributed by atoms with Gasteiger partial charge in [-0.25, -0.2) is 4.79 Å². The number of carbonyl (C=O) groups excluding carboxylic acids is 1. The van der Waals surface area contributed by atoms with E-state index in [0.717, 1.165) is 0 Å². The van der Waals surface area contributed by atoms with Gasteiger partial charge in [0, 0.05) is 6.92 Å². The Morgan fingerprint density at radius 1 is 1.50 bits per heavy atom. The molecular formula is C6H7BrO3. The Kier molecular flexibility index (Phi) is 1.99. The second-order valence-corrected chi connectivity index (χ2v) is 2.75. The minimum atomic E-state index is -0.464. The number of rotatable bonds is 0. The highest BCUT2D eigenvalue weighted by Crippen LogP contribution is 2.22. The normalized spacial score (nSPS) is 25.9. The molecule has 0 radical (unpaired) electrons. The second-order valence-electron chi connectivity index (χ2n) is 1.96. The van der Waals surface area contributed by atoms with E-state index < -0.39 is 6.29 Å². The molecule has 3 nitrogen and oxygen atoms in total. The van der Waals surface area contributed by atoms with E-state index >= 15 is 0 Å². The summed E-state index contributed by atoms with van der Waals surface area (Å²) in [4.78, 5) is 10.8. The average Bonchev–Trinajstić information content (AvgIpc) is 1.82. The number of cyclic esters (lactones) is 1. The molecule has 0 aromatic rings. The molecule has 4 heteroatoms. The average molecular weight is 207 g/mol. The van der Waals surface area contributed by atoms with E-state index in [9.17, 15) is 4.79 Å². The molecule has 1 unspecified atom stereocenters. The van der Waals surface area contributed by atoms with Crippen LogP contribution < -0.4 is 0 Å². The van der Waals surface area contributed by atoms with Crippen molar-refractivity contribution in [3.8, 4) is 0 Å². The van der Waals surface area contributed by atoms with Gasteiger partial charge in [0.1, 0.15) is 10.2 Å². The lowest BCUT2D eigenvalue weighted by atomic mass is 10.4. The van der Waals surface area contributed by atoms with Gasteiger partial charge in [-0.05, 0) is 22.9 Å². The molecule has 56 valence electrons. The number of halogens is 1. The lowest BCUT2D eigenvalue weighted by Crippen LogP contribution is -2.23. The van der Waals surface area contributed by atoms with Crippen molar-refractivity contribution >= 4 is 21.9 Å². The van der Waals surface area contributed by atoms with Crippen LogP contribution in [0.2, 0.25) is 0 Å². The number of hydrogen-bond donors (Lipinski definition) is 0. The third-order valence-electron chi connectivity index (χ3n) is 1.10. The van der Waals surface area contributed by atoms with E-state index in [1.54, 1.807) is 13.8 Å². The summed E-state index contributed by atoms with van der Waals surface area (Å²) < 4.78 is 10.1. The van der Waals surface area contributed by atoms with E-state index in [0.29, 0.717) is 10.2 Å². The van der Waals surface area contributed by atoms with Crippen LogP contribution in [-0.4, -0.2) is 12.3 Å². The molecular weight excluding hydrogens is 200 g/mol. The van der Waals surface area contributed by atoms with Crippen molar-refractivity contribution in [3.05, 3.63) is 10.2 Å². The molecule has 0 spiro atoms. The zero-order valence-corrected chi connectivity index (χ0v) is 7.27. The number of carbonyl (C=O) groups is 1. The first-order valence-electron chi connectivity index (χ1n) is 2.85. The van der Waals surface area contributed by atoms with E-state index in [4.69, 9.17) is 9.47 Å². The molecule has 0 aliphatic carbocycles. The molecule has 1 rings (SSSR count). The van der Waals surface area contributed by atoms with Gasteiger partial charge in [-0.2, -0.15) is 0 Å². The molecule has 0 amide bonds. The molecule has 0 saturated heterocycles. The highest BCUT2D eigenvalue weighted by atomic mass is 79.9. The molecule has 1 aliphatic heterocycles. The molecule has 10 heavy (non-hydrogen) atoms. The first-order valence-corrected chi connectivity index (χ1v) is 3.64. The topological polar surface area (TPSA) is 35.5 Å². The van der Waals surface area contributed by atoms with Gasteiger partial charge in [-0.15, -0.1) is 0 Å². The Balaban J connectivity index is 2.85. The summed E-state index contributed by atoms with van der Waals surface area (Å²) in [6.07, 6.45) is -0.464. The van der Waals surface area contributed by atoms with Crippen molar-refractivity contribution in [1.82, 2.24) is 0 Å². The first-order chi connectivity index (χ1) is 4.61. The van der Waals surface area contributed by atoms with Crippen molar-refractivity contribution in [2.45, 2.75) is 20.1 Å². The minimum absolute atomic E-state index is 0.365. The van der Waals surface area contributed by atoms with Crippen molar-refractivity contribution in [1.29, 1.82) is 0 Å². The Labute approximate surface area is 67.1 Å². The molecule has 0 N–H and O–H groups in total. The number of ether oxygens (including phenoxy) is 2. The summed E-state index contributed by atoms with van der Waals surface area (Å²) in [6, 6.07) is 0. The fraction of sp³-hybridized carbons (Fsp3) is 0.500. The molecule has 0 aromatic carbocycles. The van der Waals surface area contributed by atoms with Crippen molar-refractivity contribution in [3.63, 3.8) is 0 Å². The van der Waals surface area contributed by atoms with Gasteiger partial charge in [0.15, 0.2) is 0 Å². The van der Waals surface area contributed by atoms with Crippen LogP contribution in [0.15, 0.2) is 10.2 Å². The lowest BCUT2D eigenvalue weighted by Gasteiger charge is -2.21. The monoisotopic (exact) mass is 206 g/mol. The van der Waals surface area contributed by atoms with Crippen LogP contribution in [-0.2, 0) is 14.3 Å². The van der Waals surface area contributed by atoms with Gasteiger partial charge in [0.05, 0.1) is 0 Å². The van der Waals surface area contributed by atoms with E-state index in [1.807, 2.05) is 0 Å². The summed E-state index contributed by atoms with van der Waals surface area (Å²) >= 11 is 3.03. The largest absolute Gasteiger partial charge is 0.458 e. The van der Waals surface area contributed by atoms with E-state index in [1.165, 1.54) is 0 Å². The Hall–Kier alpha value is -0.510. The highest BCUT2D eigenvalue weighted by Gasteiger charge is 2.22. The summed E-state index contributed by atoms with van der Waals surface area (Å²) in [7, 11) is 0. The summed E-state index contributed by atoms with van der Waals surface area (Å²) in [6.45, 7) is 3.38. The number of hydrogen-bond acceptors (Lipinski definition) is 3. The Morgan fingerprint density at radius 3 is 2.60 bits per heavy atom. The fourth-order valence-electron chi connectivity index (χ4n) is 0.671. The van der Waals surface area contributed by atoms with Gasteiger partial charge in [0.25, 0.3) is 0 Å². The summed E-state index contributed by atoms with van der Waals surface area (Å²) in [5.74, 6) is 0.208. The smallest absolute Gasteiger partial charge is 0.351 e. The molecule has 1 atom stereocenters. The molecule has 1 aliphatic rings. The van der Waals surface area contributed by atoms with Crippen molar-refractivity contribution in [2.24, 2.45) is 0 Å². The fourth-order valence-corrected chi connectivity index (χ4v) is 0.858. The maximum Gasteiger partial charge on any atom is 0.351 e. The van der Waals surface area contributed by atoms with Crippen molar-refractivity contribution in [2.75, 3.05) is 0 Å². The number of esters is 1. The van der Waals surface area contributed by atoms with Crippen LogP contribution in [0, 0.1) is 0 Å². The zero-order chi connectivity index (χ0) is 7.72. The van der Waals surface area contributed by atoms with Gasteiger partial charge < -0.3 is 9.47 Å². The quantitative estimate of drug-likeness (QED) is 0.565. The SMILES string of the molecule is CC1=C(Br)C(=O)OC(C)O1. The van der Waals surface area contributed by atoms with Crippen LogP contribution in [0.1, 0.15) is 13.8 Å². The maximum absolute atomic E-state index is 10.8. The third kappa shape index (κ3) is 1.31. The predicted molar refractivity (Wildman–Crippen MR) is 38.3 cm³/mol. The molecule has 0 fully saturated rings. The molecule has 1 heterocycles. The predicted octanol–water partition coefficient (Wildman–Crippen LogP) is 1.53. The van der Waals surface area contributed by atoms with E-state index in [2.05, 4.69) is 15.9 Å². The lowest BCUT2D eigenvalue weighted by molar-refractivity contribution is -0.168. The maximum atomic E-state index is 10.8. The Morgan fingerprint density at radius 2 is 2.10 bits per heavy atom. The van der Waals surface area contributed by atoms with Crippen LogP contribution in [0.3, 0.4) is 0 Å². The first kappa shape index (κ1) is 7.60. The van der Waals surface area contributed by atoms with Crippen molar-refractivity contribution < 1.29 is 14.3 Å². The molecule has 0 saturated carbocycles. The standard InChI is InChI=1S/C6H7BrO3/c1-3-5(7)6(8)10-4(2)9-3/h4H,1-2H3. The second kappa shape index (κ2) is 2.62. The number of allylic oxidation sites excluding steroid dienone is 1. The Bertz CT molecular complexity index is 197. The van der Waals surface area contributed by atoms with Gasteiger partial charge >= 0.3 is 5.97 Å². The highest BCUT2D eigenvalue weighted by molar-refractivity contribution is 9.12. The van der Waals surface area contributed by atoms with Gasteiger partial charge in [0.2, 0.25) is 6.29 Å². The zero-order valence-electron chi connectivity index (χ0n) is 5.68. The van der Waals surface area contributed by atoms with Crippen LogP contribution in [0.5, 0.6) is 0 Å². The molecule has 0 bridgehead atoms. The van der Waals surface area contributed by atoms with Crippen LogP contribution in [0.4, 0.5) is 0 Å². The minimum Gasteiger partial charge on any atom is -0.458 e. The van der Waals surface area contributed by atoms with Crippen LogP contribution in [0.25, 0.3) is 0 Å².